The van der Waals surface area contributed by atoms with Crippen LogP contribution in [0.5, 0.6) is 5.75 Å². The number of amides is 1. The molecule has 0 aliphatic heterocycles. The number of methoxy groups -OCH3 is 1. The molecule has 0 saturated heterocycles. The van der Waals surface area contributed by atoms with Crippen LogP contribution < -0.4 is 21.3 Å². The van der Waals surface area contributed by atoms with Crippen LogP contribution in [0.3, 0.4) is 0 Å². The molecule has 0 spiro atoms. The van der Waals surface area contributed by atoms with Gasteiger partial charge < -0.3 is 10.1 Å². The van der Waals surface area contributed by atoms with E-state index in [1.165, 1.54) is 11.3 Å². The predicted octanol–water partition coefficient (Wildman–Crippen LogP) is 2.99. The Morgan fingerprint density at radius 1 is 1.00 bits per heavy atom. The summed E-state index contributed by atoms with van der Waals surface area (Å²) in [5.41, 5.74) is 1.66. The Labute approximate surface area is 188 Å². The smallest absolute Gasteiger partial charge is 0.331 e. The molecule has 1 N–H and O–H groups in total. The van der Waals surface area contributed by atoms with Gasteiger partial charge in [-0.1, -0.05) is 48.5 Å². The second-order valence-electron chi connectivity index (χ2n) is 7.28. The quantitative estimate of drug-likeness (QED) is 0.448. The lowest BCUT2D eigenvalue weighted by atomic mass is 10.2. The molecule has 0 radical (unpaired) electrons. The van der Waals surface area contributed by atoms with Crippen molar-refractivity contribution in [2.75, 3.05) is 7.11 Å². The Morgan fingerprint density at radius 3 is 2.53 bits per heavy atom. The Balaban J connectivity index is 1.53. The average Bonchev–Trinajstić information content (AvgIpc) is 3.31. The number of benzene rings is 2. The lowest BCUT2D eigenvalue weighted by Gasteiger charge is -2.13. The van der Waals surface area contributed by atoms with Crippen molar-refractivity contribution in [1.82, 2.24) is 14.5 Å². The van der Waals surface area contributed by atoms with Gasteiger partial charge in [-0.3, -0.25) is 18.7 Å². The van der Waals surface area contributed by atoms with Crippen molar-refractivity contribution in [3.63, 3.8) is 0 Å². The molecule has 32 heavy (non-hydrogen) atoms. The Hall–Kier alpha value is -3.65. The van der Waals surface area contributed by atoms with Gasteiger partial charge in [0.05, 0.1) is 19.2 Å². The molecule has 1 amide bonds. The summed E-state index contributed by atoms with van der Waals surface area (Å²) >= 11 is 1.30. The van der Waals surface area contributed by atoms with Gasteiger partial charge in [0.25, 0.3) is 5.56 Å². The van der Waals surface area contributed by atoms with E-state index in [0.717, 1.165) is 15.7 Å². The summed E-state index contributed by atoms with van der Waals surface area (Å²) in [7, 11) is 1.58. The molecule has 0 saturated carbocycles. The number of para-hydroxylation sites is 1. The Kier molecular flexibility index (Phi) is 6.51. The molecule has 0 aliphatic carbocycles. The topological polar surface area (TPSA) is 82.3 Å². The van der Waals surface area contributed by atoms with Crippen molar-refractivity contribution in [3.8, 4) is 5.75 Å². The number of thiophene rings is 1. The fourth-order valence-electron chi connectivity index (χ4n) is 3.59. The molecule has 0 unspecified atom stereocenters. The molecule has 2 heterocycles. The SMILES string of the molecule is COc1ccccc1CNC(=O)CCn1c(=O)c2sccc2n(Cc2ccccc2)c1=O. The van der Waals surface area contributed by atoms with Crippen LogP contribution in [0.1, 0.15) is 17.5 Å². The third-order valence-electron chi connectivity index (χ3n) is 5.25. The van der Waals surface area contributed by atoms with Gasteiger partial charge in [-0.05, 0) is 23.1 Å². The van der Waals surface area contributed by atoms with Crippen molar-refractivity contribution in [3.05, 3.63) is 98.0 Å². The molecule has 2 aromatic heterocycles. The summed E-state index contributed by atoms with van der Waals surface area (Å²) in [6.45, 7) is 0.672. The largest absolute Gasteiger partial charge is 0.496 e. The van der Waals surface area contributed by atoms with Gasteiger partial charge in [-0.25, -0.2) is 4.79 Å². The van der Waals surface area contributed by atoms with Gasteiger partial charge in [0.2, 0.25) is 5.91 Å². The molecule has 0 atom stereocenters. The molecule has 4 aromatic rings. The number of aromatic nitrogens is 2. The molecule has 7 nitrogen and oxygen atoms in total. The highest BCUT2D eigenvalue weighted by Crippen LogP contribution is 2.17. The van der Waals surface area contributed by atoms with Crippen LogP contribution in [0.25, 0.3) is 10.2 Å². The highest BCUT2D eigenvalue weighted by Gasteiger charge is 2.15. The third-order valence-corrected chi connectivity index (χ3v) is 6.14. The van der Waals surface area contributed by atoms with Crippen LogP contribution in [0, 0.1) is 0 Å². The second-order valence-corrected chi connectivity index (χ2v) is 8.20. The van der Waals surface area contributed by atoms with Gasteiger partial charge in [0.15, 0.2) is 0 Å². The summed E-state index contributed by atoms with van der Waals surface area (Å²) in [5.74, 6) is 0.444. The molecule has 2 aromatic carbocycles. The Morgan fingerprint density at radius 2 is 1.75 bits per heavy atom. The van der Waals surface area contributed by atoms with Crippen LogP contribution >= 0.6 is 11.3 Å². The molecule has 0 aliphatic rings. The van der Waals surface area contributed by atoms with Crippen LogP contribution in [0.4, 0.5) is 0 Å². The second kappa shape index (κ2) is 9.65. The number of nitrogens with one attached hydrogen (secondary N) is 1. The van der Waals surface area contributed by atoms with Gasteiger partial charge in [0.1, 0.15) is 10.4 Å². The first-order valence-electron chi connectivity index (χ1n) is 10.2. The number of hydrogen-bond donors (Lipinski definition) is 1. The zero-order chi connectivity index (χ0) is 22.5. The van der Waals surface area contributed by atoms with Crippen LogP contribution in [-0.2, 0) is 24.4 Å². The van der Waals surface area contributed by atoms with Gasteiger partial charge in [-0.15, -0.1) is 11.3 Å². The third kappa shape index (κ3) is 4.50. The number of nitrogens with zero attached hydrogens (tertiary/aromatic N) is 2. The first-order valence-corrected chi connectivity index (χ1v) is 11.1. The van der Waals surface area contributed by atoms with Crippen molar-refractivity contribution in [2.45, 2.75) is 26.1 Å². The molecular formula is C24H23N3O4S. The van der Waals surface area contributed by atoms with E-state index >= 15 is 0 Å². The highest BCUT2D eigenvalue weighted by molar-refractivity contribution is 7.17. The van der Waals surface area contributed by atoms with Gasteiger partial charge in [0, 0.05) is 25.1 Å². The van der Waals surface area contributed by atoms with E-state index in [0.29, 0.717) is 29.1 Å². The van der Waals surface area contributed by atoms with Crippen molar-refractivity contribution >= 4 is 27.5 Å². The van der Waals surface area contributed by atoms with Crippen LogP contribution in [0.2, 0.25) is 0 Å². The van der Waals surface area contributed by atoms with Gasteiger partial charge >= 0.3 is 5.69 Å². The summed E-state index contributed by atoms with van der Waals surface area (Å²) in [6.07, 6.45) is 0.0204. The Bertz CT molecular complexity index is 1360. The van der Waals surface area contributed by atoms with Crippen LogP contribution in [-0.4, -0.2) is 22.2 Å². The maximum atomic E-state index is 13.2. The average molecular weight is 450 g/mol. The van der Waals surface area contributed by atoms with Crippen molar-refractivity contribution < 1.29 is 9.53 Å². The van der Waals surface area contributed by atoms with Crippen molar-refractivity contribution in [2.24, 2.45) is 0 Å². The molecule has 0 fully saturated rings. The minimum atomic E-state index is -0.415. The lowest BCUT2D eigenvalue weighted by Crippen LogP contribution is -2.40. The molecule has 0 bridgehead atoms. The number of rotatable bonds is 8. The molecule has 164 valence electrons. The maximum absolute atomic E-state index is 13.2. The van der Waals surface area contributed by atoms with Crippen LogP contribution in [0.15, 0.2) is 75.6 Å². The summed E-state index contributed by atoms with van der Waals surface area (Å²) < 4.78 is 8.55. The highest BCUT2D eigenvalue weighted by atomic mass is 32.1. The first kappa shape index (κ1) is 21.6. The molecule has 4 rings (SSSR count). The molecular weight excluding hydrogens is 426 g/mol. The van der Waals surface area contributed by atoms with E-state index < -0.39 is 5.69 Å². The standard InChI is InChI=1S/C24H23N3O4S/c1-31-20-10-6-5-9-18(20)15-25-21(28)11-13-26-23(29)22-19(12-14-32-22)27(24(26)30)16-17-7-3-2-4-8-17/h2-10,12,14H,11,13,15-16H2,1H3,(H,25,28). The van der Waals surface area contributed by atoms with E-state index in [4.69, 9.17) is 4.74 Å². The van der Waals surface area contributed by atoms with E-state index in [9.17, 15) is 14.4 Å². The maximum Gasteiger partial charge on any atom is 0.331 e. The van der Waals surface area contributed by atoms with Crippen molar-refractivity contribution in [1.29, 1.82) is 0 Å². The fraction of sp³-hybridized carbons (Fsp3) is 0.208. The summed E-state index contributed by atoms with van der Waals surface area (Å²) in [5, 5.41) is 4.63. The van der Waals surface area contributed by atoms with E-state index in [1.54, 1.807) is 23.1 Å². The normalized spacial score (nSPS) is 10.9. The molecule has 8 heteroatoms. The minimum Gasteiger partial charge on any atom is -0.496 e. The first-order chi connectivity index (χ1) is 15.6. The fourth-order valence-corrected chi connectivity index (χ4v) is 4.44. The lowest BCUT2D eigenvalue weighted by molar-refractivity contribution is -0.121. The van der Waals surface area contributed by atoms with E-state index in [-0.39, 0.29) is 24.4 Å². The number of carbonyl (C=O) groups is 1. The number of carbonyl (C=O) groups excluding carboxylic acids is 1. The van der Waals surface area contributed by atoms with E-state index in [1.807, 2.05) is 54.6 Å². The minimum absolute atomic E-state index is 0.0120. The zero-order valence-corrected chi connectivity index (χ0v) is 18.4. The zero-order valence-electron chi connectivity index (χ0n) is 17.6. The van der Waals surface area contributed by atoms with E-state index in [2.05, 4.69) is 5.32 Å². The van der Waals surface area contributed by atoms with Gasteiger partial charge in [-0.2, -0.15) is 0 Å². The number of fused-ring (bicyclic) bond motifs is 1. The number of hydrogen-bond acceptors (Lipinski definition) is 5. The summed E-state index contributed by atoms with van der Waals surface area (Å²) in [4.78, 5) is 38.5. The number of ether oxygens (including phenoxy) is 1. The summed E-state index contributed by atoms with van der Waals surface area (Å²) in [6, 6.07) is 18.8. The predicted molar refractivity (Wildman–Crippen MR) is 125 cm³/mol. The monoisotopic (exact) mass is 449 g/mol.